The molecule has 1 unspecified atom stereocenters. The number of thioether (sulfide) groups is 1. The van der Waals surface area contributed by atoms with Gasteiger partial charge in [0.2, 0.25) is 5.91 Å². The van der Waals surface area contributed by atoms with Crippen LogP contribution in [0, 0.1) is 0 Å². The average molecular weight is 278 g/mol. The normalized spacial score (nSPS) is 20.9. The van der Waals surface area contributed by atoms with E-state index < -0.39 is 0 Å². The zero-order chi connectivity index (χ0) is 13.7. The summed E-state index contributed by atoms with van der Waals surface area (Å²) in [5.74, 6) is 0.138. The van der Waals surface area contributed by atoms with Gasteiger partial charge in [0, 0.05) is 23.9 Å². The van der Waals surface area contributed by atoms with Crippen molar-refractivity contribution < 1.29 is 9.59 Å². The fourth-order valence-corrected chi connectivity index (χ4v) is 3.03. The molecule has 0 fully saturated rings. The van der Waals surface area contributed by atoms with Crippen molar-refractivity contribution in [3.8, 4) is 0 Å². The van der Waals surface area contributed by atoms with Crippen LogP contribution in [0.15, 0.2) is 28.1 Å². The molecule has 0 saturated heterocycles. The van der Waals surface area contributed by atoms with E-state index in [1.165, 1.54) is 6.08 Å². The summed E-state index contributed by atoms with van der Waals surface area (Å²) in [5.41, 5.74) is 0.895. The molecule has 1 atom stereocenters. The topological polar surface area (TPSA) is 58.5 Å². The Morgan fingerprint density at radius 2 is 2.32 bits per heavy atom. The van der Waals surface area contributed by atoms with Gasteiger partial charge < -0.3 is 5.32 Å². The predicted molar refractivity (Wildman–Crippen MR) is 78.2 cm³/mol. The van der Waals surface area contributed by atoms with Crippen molar-refractivity contribution in [2.45, 2.75) is 38.0 Å². The van der Waals surface area contributed by atoms with Gasteiger partial charge in [0.25, 0.3) is 0 Å². The van der Waals surface area contributed by atoms with Crippen LogP contribution in [0.1, 0.15) is 32.6 Å². The van der Waals surface area contributed by atoms with E-state index in [0.717, 1.165) is 29.9 Å². The number of carbonyl (C=O) groups is 2. The maximum absolute atomic E-state index is 11.4. The summed E-state index contributed by atoms with van der Waals surface area (Å²) in [6.07, 6.45) is 8.31. The Morgan fingerprint density at radius 1 is 1.47 bits per heavy atom. The molecule has 0 saturated carbocycles. The minimum atomic E-state index is 0.0231. The number of aliphatic imine (C=N–C) groups is 1. The Labute approximate surface area is 117 Å². The third-order valence-electron chi connectivity index (χ3n) is 2.95. The standard InChI is InChI=1S/C14H18N2O2S/c1-2-3-4-13(18)15-8-7-14-16-11-6-5-10(17)9-12(11)19-14/h5-6,9,14H,2-4,7-8H2,1H3,(H,15,18). The second-order valence-corrected chi connectivity index (χ2v) is 5.79. The lowest BCUT2D eigenvalue weighted by Gasteiger charge is -2.07. The van der Waals surface area contributed by atoms with Gasteiger partial charge in [0.15, 0.2) is 5.78 Å². The Balaban J connectivity index is 1.73. The van der Waals surface area contributed by atoms with Crippen LogP contribution in [0.25, 0.3) is 0 Å². The second-order valence-electron chi connectivity index (χ2n) is 4.57. The highest BCUT2D eigenvalue weighted by molar-refractivity contribution is 8.05. The quantitative estimate of drug-likeness (QED) is 0.758. The highest BCUT2D eigenvalue weighted by Crippen LogP contribution is 2.34. The van der Waals surface area contributed by atoms with Crippen molar-refractivity contribution in [2.24, 2.45) is 4.99 Å². The zero-order valence-electron chi connectivity index (χ0n) is 11.0. The molecule has 1 aliphatic carbocycles. The number of hydrogen-bond donors (Lipinski definition) is 1. The van der Waals surface area contributed by atoms with Gasteiger partial charge in [-0.05, 0) is 25.0 Å². The minimum absolute atomic E-state index is 0.0231. The molecule has 0 bridgehead atoms. The number of rotatable bonds is 6. The van der Waals surface area contributed by atoms with Gasteiger partial charge in [-0.2, -0.15) is 0 Å². The lowest BCUT2D eigenvalue weighted by molar-refractivity contribution is -0.121. The summed E-state index contributed by atoms with van der Waals surface area (Å²) < 4.78 is 0. The molecular formula is C14H18N2O2S. The summed E-state index contributed by atoms with van der Waals surface area (Å²) in [4.78, 5) is 28.2. The number of hydrogen-bond acceptors (Lipinski definition) is 4. The molecule has 4 nitrogen and oxygen atoms in total. The van der Waals surface area contributed by atoms with Gasteiger partial charge in [0.05, 0.1) is 5.71 Å². The van der Waals surface area contributed by atoms with Gasteiger partial charge >= 0.3 is 0 Å². The maximum Gasteiger partial charge on any atom is 0.219 e. The fraction of sp³-hybridized carbons (Fsp3) is 0.500. The smallest absolute Gasteiger partial charge is 0.219 e. The molecule has 1 aliphatic heterocycles. The van der Waals surface area contributed by atoms with Crippen molar-refractivity contribution in [1.29, 1.82) is 0 Å². The van der Waals surface area contributed by atoms with E-state index in [0.29, 0.717) is 13.0 Å². The molecule has 0 aromatic heterocycles. The third-order valence-corrected chi connectivity index (χ3v) is 4.14. The molecule has 1 heterocycles. The van der Waals surface area contributed by atoms with Crippen molar-refractivity contribution in [3.63, 3.8) is 0 Å². The maximum atomic E-state index is 11.4. The first-order valence-corrected chi connectivity index (χ1v) is 7.52. The summed E-state index contributed by atoms with van der Waals surface area (Å²) >= 11 is 1.60. The molecule has 0 spiro atoms. The Hall–Kier alpha value is -1.36. The number of allylic oxidation sites excluding steroid dienone is 4. The monoisotopic (exact) mass is 278 g/mol. The highest BCUT2D eigenvalue weighted by Gasteiger charge is 2.24. The number of amides is 1. The van der Waals surface area contributed by atoms with Crippen molar-refractivity contribution in [2.75, 3.05) is 6.54 Å². The molecule has 0 aromatic carbocycles. The fourth-order valence-electron chi connectivity index (χ4n) is 1.91. The largest absolute Gasteiger partial charge is 0.356 e. The lowest BCUT2D eigenvalue weighted by atomic mass is 10.1. The first-order valence-electron chi connectivity index (χ1n) is 6.64. The number of nitrogens with zero attached hydrogens (tertiary/aromatic N) is 1. The number of unbranched alkanes of at least 4 members (excludes halogenated alkanes) is 1. The molecule has 1 amide bonds. The number of carbonyl (C=O) groups excluding carboxylic acids is 2. The Morgan fingerprint density at radius 3 is 3.11 bits per heavy atom. The van der Waals surface area contributed by atoms with Crippen LogP contribution in [0.2, 0.25) is 0 Å². The van der Waals surface area contributed by atoms with Crippen molar-refractivity contribution in [3.05, 3.63) is 23.1 Å². The van der Waals surface area contributed by atoms with Crippen LogP contribution in [0.4, 0.5) is 0 Å². The van der Waals surface area contributed by atoms with E-state index in [2.05, 4.69) is 17.2 Å². The van der Waals surface area contributed by atoms with Crippen LogP contribution in [-0.2, 0) is 9.59 Å². The van der Waals surface area contributed by atoms with Crippen molar-refractivity contribution in [1.82, 2.24) is 5.32 Å². The summed E-state index contributed by atoms with van der Waals surface area (Å²) in [7, 11) is 0. The zero-order valence-corrected chi connectivity index (χ0v) is 11.8. The molecule has 2 rings (SSSR count). The Bertz CT molecular complexity index is 466. The number of nitrogens with one attached hydrogen (secondary N) is 1. The van der Waals surface area contributed by atoms with E-state index >= 15 is 0 Å². The number of fused-ring (bicyclic) bond motifs is 1. The van der Waals surface area contributed by atoms with Crippen LogP contribution >= 0.6 is 11.8 Å². The first-order chi connectivity index (χ1) is 9.19. The number of ketones is 1. The van der Waals surface area contributed by atoms with Gasteiger partial charge in [-0.15, -0.1) is 0 Å². The average Bonchev–Trinajstić information content (AvgIpc) is 2.78. The highest BCUT2D eigenvalue weighted by atomic mass is 32.2. The molecule has 0 aromatic rings. The molecule has 1 N–H and O–H groups in total. The van der Waals surface area contributed by atoms with Gasteiger partial charge in [-0.1, -0.05) is 25.1 Å². The predicted octanol–water partition coefficient (Wildman–Crippen LogP) is 2.22. The summed E-state index contributed by atoms with van der Waals surface area (Å²) in [6, 6.07) is 0. The van der Waals surface area contributed by atoms with Crippen LogP contribution < -0.4 is 5.32 Å². The molecule has 0 radical (unpaired) electrons. The van der Waals surface area contributed by atoms with E-state index in [1.807, 2.05) is 0 Å². The van der Waals surface area contributed by atoms with E-state index in [1.54, 1.807) is 23.9 Å². The lowest BCUT2D eigenvalue weighted by Crippen LogP contribution is -2.25. The van der Waals surface area contributed by atoms with E-state index in [-0.39, 0.29) is 17.1 Å². The SMILES string of the molecule is CCCCC(=O)NCCC1N=C2C=CC(=O)C=C2S1. The van der Waals surface area contributed by atoms with Crippen LogP contribution in [-0.4, -0.2) is 29.3 Å². The summed E-state index contributed by atoms with van der Waals surface area (Å²) in [6.45, 7) is 2.71. The van der Waals surface area contributed by atoms with Crippen molar-refractivity contribution >= 4 is 29.2 Å². The first kappa shape index (κ1) is 14.1. The molecule has 5 heteroatoms. The second kappa shape index (κ2) is 6.70. The Kier molecular flexibility index (Phi) is 4.96. The van der Waals surface area contributed by atoms with Gasteiger partial charge in [-0.25, -0.2) is 0 Å². The minimum Gasteiger partial charge on any atom is -0.356 e. The van der Waals surface area contributed by atoms with Crippen LogP contribution in [0.3, 0.4) is 0 Å². The van der Waals surface area contributed by atoms with Gasteiger partial charge in [-0.3, -0.25) is 14.6 Å². The van der Waals surface area contributed by atoms with E-state index in [9.17, 15) is 9.59 Å². The molecule has 19 heavy (non-hydrogen) atoms. The third kappa shape index (κ3) is 4.06. The summed E-state index contributed by atoms with van der Waals surface area (Å²) in [5, 5.41) is 3.02. The van der Waals surface area contributed by atoms with E-state index in [4.69, 9.17) is 0 Å². The molecular weight excluding hydrogens is 260 g/mol. The molecule has 102 valence electrons. The van der Waals surface area contributed by atoms with Crippen LogP contribution in [0.5, 0.6) is 0 Å². The molecule has 2 aliphatic rings. The van der Waals surface area contributed by atoms with Gasteiger partial charge in [0.1, 0.15) is 5.37 Å².